The summed E-state index contributed by atoms with van der Waals surface area (Å²) in [4.78, 5) is 0. The molecule has 94 valence electrons. The van der Waals surface area contributed by atoms with E-state index in [9.17, 15) is 5.11 Å². The van der Waals surface area contributed by atoms with Gasteiger partial charge in [-0.05, 0) is 19.3 Å². The van der Waals surface area contributed by atoms with Crippen LogP contribution in [0.3, 0.4) is 0 Å². The maximum Gasteiger partial charge on any atom is 0.168 e. The quantitative estimate of drug-likeness (QED) is 0.743. The van der Waals surface area contributed by atoms with Crippen molar-refractivity contribution in [3.63, 3.8) is 0 Å². The maximum atomic E-state index is 10.3. The van der Waals surface area contributed by atoms with Gasteiger partial charge in [0, 0.05) is 19.4 Å². The Labute approximate surface area is 96.9 Å². The van der Waals surface area contributed by atoms with Crippen molar-refractivity contribution in [3.8, 4) is 0 Å². The van der Waals surface area contributed by atoms with Crippen LogP contribution in [0.4, 0.5) is 0 Å². The molecule has 2 fully saturated rings. The van der Waals surface area contributed by atoms with E-state index in [1.54, 1.807) is 0 Å². The molecular formula is C12H22O4. The van der Waals surface area contributed by atoms with E-state index in [1.807, 2.05) is 0 Å². The van der Waals surface area contributed by atoms with Gasteiger partial charge in [0.1, 0.15) is 0 Å². The molecule has 0 radical (unpaired) electrons. The molecule has 0 aromatic heterocycles. The van der Waals surface area contributed by atoms with Crippen molar-refractivity contribution in [2.45, 2.75) is 50.4 Å². The molecule has 1 spiro atoms. The van der Waals surface area contributed by atoms with Crippen LogP contribution in [-0.4, -0.2) is 42.9 Å². The second-order valence-corrected chi connectivity index (χ2v) is 4.88. The normalized spacial score (nSPS) is 27.4. The fraction of sp³-hybridized carbons (Fsp3) is 1.00. The molecule has 4 nitrogen and oxygen atoms in total. The van der Waals surface area contributed by atoms with Crippen molar-refractivity contribution in [2.75, 3.05) is 26.4 Å². The van der Waals surface area contributed by atoms with Gasteiger partial charge in [-0.25, -0.2) is 0 Å². The number of hydrogen-bond acceptors (Lipinski definition) is 4. The Morgan fingerprint density at radius 2 is 1.75 bits per heavy atom. The van der Waals surface area contributed by atoms with Crippen LogP contribution in [0.1, 0.15) is 39.0 Å². The summed E-state index contributed by atoms with van der Waals surface area (Å²) in [5.74, 6) is -0.392. The van der Waals surface area contributed by atoms with E-state index in [0.29, 0.717) is 32.7 Å². The van der Waals surface area contributed by atoms with E-state index in [1.165, 1.54) is 0 Å². The number of aliphatic hydroxyl groups is 1. The second-order valence-electron chi connectivity index (χ2n) is 4.88. The van der Waals surface area contributed by atoms with Gasteiger partial charge in [-0.15, -0.1) is 0 Å². The molecule has 0 aromatic carbocycles. The third kappa shape index (κ3) is 2.74. The Morgan fingerprint density at radius 1 is 1.12 bits per heavy atom. The average Bonchev–Trinajstić information content (AvgIpc) is 2.73. The topological polar surface area (TPSA) is 47.9 Å². The van der Waals surface area contributed by atoms with E-state index in [0.717, 1.165) is 25.9 Å². The molecule has 0 unspecified atom stereocenters. The molecule has 1 saturated heterocycles. The number of rotatable bonds is 4. The Bertz CT molecular complexity index is 213. The van der Waals surface area contributed by atoms with Crippen molar-refractivity contribution in [3.05, 3.63) is 0 Å². The molecule has 16 heavy (non-hydrogen) atoms. The molecule has 0 aromatic rings. The highest BCUT2D eigenvalue weighted by molar-refractivity contribution is 4.91. The zero-order valence-electron chi connectivity index (χ0n) is 10.0. The Balaban J connectivity index is 1.78. The lowest BCUT2D eigenvalue weighted by Gasteiger charge is -2.40. The van der Waals surface area contributed by atoms with Crippen molar-refractivity contribution in [1.29, 1.82) is 0 Å². The summed E-state index contributed by atoms with van der Waals surface area (Å²) in [5.41, 5.74) is -0.671. The summed E-state index contributed by atoms with van der Waals surface area (Å²) < 4.78 is 16.7. The van der Waals surface area contributed by atoms with Crippen molar-refractivity contribution >= 4 is 0 Å². The minimum atomic E-state index is -0.671. The van der Waals surface area contributed by atoms with Gasteiger partial charge >= 0.3 is 0 Å². The van der Waals surface area contributed by atoms with Gasteiger partial charge in [0.15, 0.2) is 5.79 Å². The van der Waals surface area contributed by atoms with E-state index in [4.69, 9.17) is 14.2 Å². The highest BCUT2D eigenvalue weighted by Crippen LogP contribution is 2.40. The first-order valence-electron chi connectivity index (χ1n) is 6.26. The van der Waals surface area contributed by atoms with Gasteiger partial charge in [-0.1, -0.05) is 6.92 Å². The molecule has 1 aliphatic heterocycles. The fourth-order valence-corrected chi connectivity index (χ4v) is 2.43. The van der Waals surface area contributed by atoms with Gasteiger partial charge in [0.05, 0.1) is 25.4 Å². The summed E-state index contributed by atoms with van der Waals surface area (Å²) in [6.45, 7) is 4.60. The molecule has 0 atom stereocenters. The lowest BCUT2D eigenvalue weighted by atomic mass is 9.82. The van der Waals surface area contributed by atoms with E-state index < -0.39 is 11.4 Å². The first-order chi connectivity index (χ1) is 7.68. The van der Waals surface area contributed by atoms with Crippen molar-refractivity contribution in [2.24, 2.45) is 0 Å². The van der Waals surface area contributed by atoms with Gasteiger partial charge in [0.2, 0.25) is 0 Å². The van der Waals surface area contributed by atoms with Gasteiger partial charge in [-0.2, -0.15) is 0 Å². The average molecular weight is 230 g/mol. The van der Waals surface area contributed by atoms with Gasteiger partial charge in [0.25, 0.3) is 0 Å². The fourth-order valence-electron chi connectivity index (χ4n) is 2.43. The van der Waals surface area contributed by atoms with Crippen LogP contribution in [0.15, 0.2) is 0 Å². The second kappa shape index (κ2) is 5.00. The number of ether oxygens (including phenoxy) is 3. The third-order valence-corrected chi connectivity index (χ3v) is 3.48. The van der Waals surface area contributed by atoms with E-state index in [-0.39, 0.29) is 0 Å². The standard InChI is InChI=1S/C12H22O4/c1-2-7-14-10-11(13)3-5-12(6-4-11)15-8-9-16-12/h13H,2-10H2,1H3. The van der Waals surface area contributed by atoms with E-state index in [2.05, 4.69) is 6.92 Å². The van der Waals surface area contributed by atoms with Crippen molar-refractivity contribution in [1.82, 2.24) is 0 Å². The summed E-state index contributed by atoms with van der Waals surface area (Å²) >= 11 is 0. The summed E-state index contributed by atoms with van der Waals surface area (Å²) in [7, 11) is 0. The smallest absolute Gasteiger partial charge is 0.168 e. The van der Waals surface area contributed by atoms with Gasteiger partial charge in [-0.3, -0.25) is 0 Å². The lowest BCUT2D eigenvalue weighted by molar-refractivity contribution is -0.209. The zero-order valence-corrected chi connectivity index (χ0v) is 10.0. The molecule has 1 aliphatic carbocycles. The molecular weight excluding hydrogens is 208 g/mol. The molecule has 1 saturated carbocycles. The summed E-state index contributed by atoms with van der Waals surface area (Å²) in [5, 5.41) is 10.3. The van der Waals surface area contributed by atoms with Crippen LogP contribution in [0.25, 0.3) is 0 Å². The molecule has 1 N–H and O–H groups in total. The minimum Gasteiger partial charge on any atom is -0.387 e. The lowest BCUT2D eigenvalue weighted by Crippen LogP contribution is -2.46. The van der Waals surface area contributed by atoms with Crippen LogP contribution in [0, 0.1) is 0 Å². The van der Waals surface area contributed by atoms with Crippen LogP contribution in [0.2, 0.25) is 0 Å². The Hall–Kier alpha value is -0.160. The monoisotopic (exact) mass is 230 g/mol. The molecule has 1 heterocycles. The largest absolute Gasteiger partial charge is 0.387 e. The van der Waals surface area contributed by atoms with E-state index >= 15 is 0 Å². The highest BCUT2D eigenvalue weighted by atomic mass is 16.7. The molecule has 2 rings (SSSR count). The summed E-state index contributed by atoms with van der Waals surface area (Å²) in [6.07, 6.45) is 3.96. The first kappa shape index (κ1) is 12.3. The Kier molecular flexibility index (Phi) is 3.85. The third-order valence-electron chi connectivity index (χ3n) is 3.48. The molecule has 4 heteroatoms. The highest BCUT2D eigenvalue weighted by Gasteiger charge is 2.45. The van der Waals surface area contributed by atoms with Crippen LogP contribution in [0.5, 0.6) is 0 Å². The maximum absolute atomic E-state index is 10.3. The van der Waals surface area contributed by atoms with Crippen LogP contribution < -0.4 is 0 Å². The summed E-state index contributed by atoms with van der Waals surface area (Å²) in [6, 6.07) is 0. The zero-order chi connectivity index (χ0) is 11.5. The minimum absolute atomic E-state index is 0.392. The predicted molar refractivity (Wildman–Crippen MR) is 59.2 cm³/mol. The Morgan fingerprint density at radius 3 is 2.31 bits per heavy atom. The number of hydrogen-bond donors (Lipinski definition) is 1. The van der Waals surface area contributed by atoms with Crippen molar-refractivity contribution < 1.29 is 19.3 Å². The SMILES string of the molecule is CCCOCC1(O)CCC2(CC1)OCCO2. The van der Waals surface area contributed by atoms with Crippen LogP contribution in [-0.2, 0) is 14.2 Å². The predicted octanol–water partition coefficient (Wildman–Crippen LogP) is 1.46. The van der Waals surface area contributed by atoms with Gasteiger partial charge < -0.3 is 19.3 Å². The molecule has 2 aliphatic rings. The van der Waals surface area contributed by atoms with Crippen LogP contribution >= 0.6 is 0 Å². The first-order valence-corrected chi connectivity index (χ1v) is 6.26. The molecule has 0 bridgehead atoms. The molecule has 0 amide bonds.